The molecule has 2 aromatic carbocycles. The predicted molar refractivity (Wildman–Crippen MR) is 83.0 cm³/mol. The average Bonchev–Trinajstić information content (AvgIpc) is 2.55. The van der Waals surface area contributed by atoms with Gasteiger partial charge in [-0.3, -0.25) is 0 Å². The second kappa shape index (κ2) is 5.47. The van der Waals surface area contributed by atoms with Crippen LogP contribution in [0.1, 0.15) is 17.0 Å². The Morgan fingerprint density at radius 1 is 1.15 bits per heavy atom. The molecule has 0 saturated carbocycles. The molecule has 3 heteroatoms. The van der Waals surface area contributed by atoms with Gasteiger partial charge in [-0.1, -0.05) is 29.8 Å². The number of hydrogen-bond donors (Lipinski definition) is 0. The molecule has 104 valence electrons. The van der Waals surface area contributed by atoms with Crippen LogP contribution >= 0.6 is 11.6 Å². The largest absolute Gasteiger partial charge is 0.457 e. The molecule has 1 atom stereocenters. The summed E-state index contributed by atoms with van der Waals surface area (Å²) in [5.74, 6) is 2.30. The molecule has 0 aromatic heterocycles. The maximum atomic E-state index is 6.13. The van der Waals surface area contributed by atoms with Gasteiger partial charge >= 0.3 is 0 Å². The van der Waals surface area contributed by atoms with Crippen LogP contribution in [-0.4, -0.2) is 25.5 Å². The molecule has 0 fully saturated rings. The van der Waals surface area contributed by atoms with Crippen molar-refractivity contribution in [3.8, 4) is 11.5 Å². The lowest BCUT2D eigenvalue weighted by Gasteiger charge is -2.20. The summed E-state index contributed by atoms with van der Waals surface area (Å²) in [6.07, 6.45) is 0.949. The highest BCUT2D eigenvalue weighted by atomic mass is 35.5. The van der Waals surface area contributed by atoms with Gasteiger partial charge in [0.25, 0.3) is 0 Å². The minimum atomic E-state index is 0.418. The zero-order chi connectivity index (χ0) is 14.1. The Bertz CT molecular complexity index is 624. The van der Waals surface area contributed by atoms with E-state index >= 15 is 0 Å². The molecule has 2 nitrogen and oxygen atoms in total. The first-order chi connectivity index (χ1) is 9.63. The lowest BCUT2D eigenvalue weighted by atomic mass is 9.91. The molecule has 0 aliphatic carbocycles. The summed E-state index contributed by atoms with van der Waals surface area (Å²) in [7, 11) is 4.21. The Balaban J connectivity index is 2.07. The second-order valence-corrected chi connectivity index (χ2v) is 5.99. The maximum Gasteiger partial charge on any atom is 0.130 e. The number of fused-ring (bicyclic) bond motifs is 2. The van der Waals surface area contributed by atoms with E-state index in [0.717, 1.165) is 29.5 Å². The molecule has 1 aliphatic rings. The van der Waals surface area contributed by atoms with E-state index in [4.69, 9.17) is 16.3 Å². The van der Waals surface area contributed by atoms with Gasteiger partial charge in [0, 0.05) is 17.5 Å². The van der Waals surface area contributed by atoms with Crippen LogP contribution in [0.25, 0.3) is 0 Å². The number of ether oxygens (including phenoxy) is 1. The van der Waals surface area contributed by atoms with Gasteiger partial charge in [-0.25, -0.2) is 0 Å². The van der Waals surface area contributed by atoms with E-state index in [9.17, 15) is 0 Å². The Kier molecular flexibility index (Phi) is 3.68. The summed E-state index contributed by atoms with van der Waals surface area (Å²) in [4.78, 5) is 2.22. The fraction of sp³-hybridized carbons (Fsp3) is 0.294. The molecular weight excluding hydrogens is 270 g/mol. The van der Waals surface area contributed by atoms with Crippen molar-refractivity contribution in [2.45, 2.75) is 12.3 Å². The highest BCUT2D eigenvalue weighted by Gasteiger charge is 2.23. The minimum Gasteiger partial charge on any atom is -0.457 e. The van der Waals surface area contributed by atoms with E-state index in [1.54, 1.807) is 0 Å². The molecule has 0 radical (unpaired) electrons. The number of rotatable bonds is 2. The van der Waals surface area contributed by atoms with Crippen molar-refractivity contribution in [1.29, 1.82) is 0 Å². The molecule has 0 N–H and O–H groups in total. The number of likely N-dealkylation sites (N-methyl/N-ethyl adjacent to an activating group) is 1. The summed E-state index contributed by atoms with van der Waals surface area (Å²) in [6, 6.07) is 14.2. The van der Waals surface area contributed by atoms with Crippen LogP contribution in [-0.2, 0) is 6.42 Å². The summed E-state index contributed by atoms with van der Waals surface area (Å²) in [6.45, 7) is 0.992. The van der Waals surface area contributed by atoms with E-state index in [2.05, 4.69) is 31.1 Å². The highest BCUT2D eigenvalue weighted by molar-refractivity contribution is 6.30. The third-order valence-corrected chi connectivity index (χ3v) is 3.89. The van der Waals surface area contributed by atoms with Gasteiger partial charge in [0.05, 0.1) is 0 Å². The van der Waals surface area contributed by atoms with Crippen LogP contribution in [0, 0.1) is 0 Å². The van der Waals surface area contributed by atoms with Crippen molar-refractivity contribution in [3.05, 3.63) is 58.6 Å². The molecule has 0 bridgehead atoms. The summed E-state index contributed by atoms with van der Waals surface area (Å²) < 4.78 is 6.09. The van der Waals surface area contributed by atoms with Crippen molar-refractivity contribution >= 4 is 11.6 Å². The number of halogens is 1. The minimum absolute atomic E-state index is 0.418. The Morgan fingerprint density at radius 3 is 2.75 bits per heavy atom. The fourth-order valence-electron chi connectivity index (χ4n) is 2.82. The van der Waals surface area contributed by atoms with Crippen LogP contribution in [0.15, 0.2) is 42.5 Å². The van der Waals surface area contributed by atoms with Crippen molar-refractivity contribution in [2.24, 2.45) is 0 Å². The Morgan fingerprint density at radius 2 is 1.95 bits per heavy atom. The molecule has 1 aliphatic heterocycles. The van der Waals surface area contributed by atoms with Crippen LogP contribution in [0.4, 0.5) is 0 Å². The maximum absolute atomic E-state index is 6.13. The molecular formula is C17H18ClNO. The quantitative estimate of drug-likeness (QED) is 0.815. The van der Waals surface area contributed by atoms with E-state index in [0.29, 0.717) is 5.92 Å². The molecule has 0 saturated heterocycles. The third-order valence-electron chi connectivity index (χ3n) is 3.65. The predicted octanol–water partition coefficient (Wildman–Crippen LogP) is 4.33. The first-order valence-electron chi connectivity index (χ1n) is 6.83. The highest BCUT2D eigenvalue weighted by Crippen LogP contribution is 2.40. The first kappa shape index (κ1) is 13.5. The van der Waals surface area contributed by atoms with Gasteiger partial charge in [0.15, 0.2) is 0 Å². The summed E-state index contributed by atoms with van der Waals surface area (Å²) in [5.41, 5.74) is 2.45. The van der Waals surface area contributed by atoms with Gasteiger partial charge in [-0.05, 0) is 55.9 Å². The van der Waals surface area contributed by atoms with Crippen molar-refractivity contribution in [3.63, 3.8) is 0 Å². The first-order valence-corrected chi connectivity index (χ1v) is 7.21. The number of hydrogen-bond acceptors (Lipinski definition) is 2. The topological polar surface area (TPSA) is 12.5 Å². The lowest BCUT2D eigenvalue weighted by molar-refractivity contribution is 0.371. The van der Waals surface area contributed by atoms with Gasteiger partial charge in [-0.15, -0.1) is 0 Å². The van der Waals surface area contributed by atoms with E-state index in [-0.39, 0.29) is 0 Å². The number of nitrogens with zero attached hydrogens (tertiary/aromatic N) is 1. The molecule has 1 unspecified atom stereocenters. The van der Waals surface area contributed by atoms with Crippen LogP contribution in [0.3, 0.4) is 0 Å². The number of para-hydroxylation sites is 1. The summed E-state index contributed by atoms with van der Waals surface area (Å²) >= 11 is 6.13. The fourth-order valence-corrected chi connectivity index (χ4v) is 3.01. The standard InChI is InChI=1S/C17H18ClNO/c1-19(2)11-13-9-12-10-14(18)7-8-16(12)20-17-6-4-3-5-15(13)17/h3-8,10,13H,9,11H2,1-2H3. The van der Waals surface area contributed by atoms with Gasteiger partial charge in [-0.2, -0.15) is 0 Å². The van der Waals surface area contributed by atoms with E-state index in [1.165, 1.54) is 11.1 Å². The third kappa shape index (κ3) is 2.67. The SMILES string of the molecule is CN(C)CC1Cc2cc(Cl)ccc2Oc2ccccc21. The monoisotopic (exact) mass is 287 g/mol. The van der Waals surface area contributed by atoms with Crippen LogP contribution in [0.2, 0.25) is 5.02 Å². The van der Waals surface area contributed by atoms with Crippen molar-refractivity contribution in [1.82, 2.24) is 4.90 Å². The molecule has 20 heavy (non-hydrogen) atoms. The van der Waals surface area contributed by atoms with Crippen LogP contribution in [0.5, 0.6) is 11.5 Å². The van der Waals surface area contributed by atoms with E-state index < -0.39 is 0 Å². The lowest BCUT2D eigenvalue weighted by Crippen LogP contribution is -2.21. The normalized spacial score (nSPS) is 17.1. The second-order valence-electron chi connectivity index (χ2n) is 5.56. The van der Waals surface area contributed by atoms with Crippen LogP contribution < -0.4 is 4.74 Å². The zero-order valence-electron chi connectivity index (χ0n) is 11.8. The molecule has 0 spiro atoms. The van der Waals surface area contributed by atoms with Gasteiger partial charge in [0.1, 0.15) is 11.5 Å². The molecule has 0 amide bonds. The smallest absolute Gasteiger partial charge is 0.130 e. The average molecular weight is 288 g/mol. The van der Waals surface area contributed by atoms with E-state index in [1.807, 2.05) is 30.3 Å². The summed E-state index contributed by atoms with van der Waals surface area (Å²) in [5, 5.41) is 0.766. The van der Waals surface area contributed by atoms with Crippen molar-refractivity contribution < 1.29 is 4.74 Å². The Labute approximate surface area is 124 Å². The van der Waals surface area contributed by atoms with Gasteiger partial charge < -0.3 is 9.64 Å². The zero-order valence-corrected chi connectivity index (χ0v) is 12.5. The van der Waals surface area contributed by atoms with Gasteiger partial charge in [0.2, 0.25) is 0 Å². The number of benzene rings is 2. The van der Waals surface area contributed by atoms with Crippen molar-refractivity contribution in [2.75, 3.05) is 20.6 Å². The molecule has 1 heterocycles. The Hall–Kier alpha value is -1.51. The molecule has 2 aromatic rings. The molecule has 3 rings (SSSR count).